The number of benzene rings is 1. The van der Waals surface area contributed by atoms with Crippen LogP contribution in [0, 0.1) is 12.3 Å². The van der Waals surface area contributed by atoms with Crippen LogP contribution in [-0.4, -0.2) is 56.9 Å². The second-order valence-corrected chi connectivity index (χ2v) is 7.10. The van der Waals surface area contributed by atoms with Crippen molar-refractivity contribution in [1.82, 2.24) is 25.0 Å². The van der Waals surface area contributed by atoms with Crippen LogP contribution in [0.5, 0.6) is 0 Å². The van der Waals surface area contributed by atoms with Crippen LogP contribution in [0.25, 0.3) is 0 Å². The van der Waals surface area contributed by atoms with E-state index in [4.69, 9.17) is 0 Å². The van der Waals surface area contributed by atoms with E-state index in [-0.39, 0.29) is 18.6 Å². The molecule has 1 amide bonds. The predicted octanol–water partition coefficient (Wildman–Crippen LogP) is 0.294. The number of fused-ring (bicyclic) bond motifs is 1. The van der Waals surface area contributed by atoms with Gasteiger partial charge in [-0.1, -0.05) is 30.3 Å². The molecule has 0 bridgehead atoms. The number of rotatable bonds is 4. The maximum atomic E-state index is 13.0. The van der Waals surface area contributed by atoms with Gasteiger partial charge in [-0.2, -0.15) is 0 Å². The molecule has 7 heteroatoms. The number of nitrogens with zero attached hydrogens (tertiary/aromatic N) is 4. The molecule has 132 valence electrons. The minimum atomic E-state index is -0.672. The zero-order valence-corrected chi connectivity index (χ0v) is 14.4. The summed E-state index contributed by atoms with van der Waals surface area (Å²) in [5.74, 6) is 1.71. The molecular weight excluding hydrogens is 318 g/mol. The first-order valence-electron chi connectivity index (χ1n) is 8.68. The van der Waals surface area contributed by atoms with Crippen molar-refractivity contribution in [2.45, 2.75) is 25.9 Å². The Bertz CT molecular complexity index is 764. The molecule has 1 aromatic carbocycles. The molecule has 1 saturated heterocycles. The molecule has 0 unspecified atom stereocenters. The first-order valence-corrected chi connectivity index (χ1v) is 8.68. The first kappa shape index (κ1) is 16.2. The van der Waals surface area contributed by atoms with E-state index in [1.165, 1.54) is 5.56 Å². The van der Waals surface area contributed by atoms with Crippen LogP contribution in [0.1, 0.15) is 23.3 Å². The fraction of sp³-hybridized carbons (Fsp3) is 0.500. The van der Waals surface area contributed by atoms with Crippen molar-refractivity contribution in [2.24, 2.45) is 5.41 Å². The molecule has 2 aliphatic rings. The van der Waals surface area contributed by atoms with Crippen LogP contribution < -0.4 is 5.32 Å². The van der Waals surface area contributed by atoms with Gasteiger partial charge in [-0.15, -0.1) is 10.2 Å². The molecule has 2 N–H and O–H groups in total. The number of aliphatic hydroxyl groups is 1. The maximum Gasteiger partial charge on any atom is 0.234 e. The summed E-state index contributed by atoms with van der Waals surface area (Å²) in [6, 6.07) is 10.4. The Labute approximate surface area is 146 Å². The lowest BCUT2D eigenvalue weighted by atomic mass is 9.80. The number of amides is 1. The average Bonchev–Trinajstić information content (AvgIpc) is 2.96. The first-order chi connectivity index (χ1) is 12.1. The second-order valence-electron chi connectivity index (χ2n) is 7.10. The van der Waals surface area contributed by atoms with Crippen molar-refractivity contribution < 1.29 is 9.90 Å². The van der Waals surface area contributed by atoms with E-state index in [0.29, 0.717) is 26.2 Å². The minimum absolute atomic E-state index is 0.0127. The summed E-state index contributed by atoms with van der Waals surface area (Å²) >= 11 is 0. The summed E-state index contributed by atoms with van der Waals surface area (Å²) in [5, 5.41) is 21.3. The SMILES string of the molecule is Cc1nnc2n1[C@H](Cc1ccccc1)CN(C(=O)C1(CO)CNC1)C2. The van der Waals surface area contributed by atoms with E-state index in [9.17, 15) is 9.90 Å². The lowest BCUT2D eigenvalue weighted by Gasteiger charge is -2.45. The Morgan fingerprint density at radius 3 is 2.72 bits per heavy atom. The summed E-state index contributed by atoms with van der Waals surface area (Å²) in [7, 11) is 0. The number of aliphatic hydroxyl groups excluding tert-OH is 1. The van der Waals surface area contributed by atoms with E-state index in [2.05, 4.69) is 32.2 Å². The molecule has 1 aromatic heterocycles. The van der Waals surface area contributed by atoms with Gasteiger partial charge in [0.25, 0.3) is 0 Å². The van der Waals surface area contributed by atoms with Crippen LogP contribution in [0.3, 0.4) is 0 Å². The van der Waals surface area contributed by atoms with E-state index >= 15 is 0 Å². The molecule has 0 radical (unpaired) electrons. The summed E-state index contributed by atoms with van der Waals surface area (Å²) in [6.07, 6.45) is 0.820. The normalized spacial score (nSPS) is 21.5. The third kappa shape index (κ3) is 2.73. The molecule has 0 saturated carbocycles. The predicted molar refractivity (Wildman–Crippen MR) is 91.7 cm³/mol. The molecule has 4 rings (SSSR count). The van der Waals surface area contributed by atoms with Crippen LogP contribution in [-0.2, 0) is 17.8 Å². The lowest BCUT2D eigenvalue weighted by molar-refractivity contribution is -0.150. The second kappa shape index (κ2) is 6.24. The van der Waals surface area contributed by atoms with Gasteiger partial charge in [0.05, 0.1) is 24.6 Å². The monoisotopic (exact) mass is 341 g/mol. The highest BCUT2D eigenvalue weighted by atomic mass is 16.3. The van der Waals surface area contributed by atoms with Crippen LogP contribution in [0.4, 0.5) is 0 Å². The van der Waals surface area contributed by atoms with Crippen molar-refractivity contribution in [3.8, 4) is 0 Å². The zero-order chi connectivity index (χ0) is 17.4. The summed E-state index contributed by atoms with van der Waals surface area (Å²) in [5.41, 5.74) is 0.553. The highest BCUT2D eigenvalue weighted by Crippen LogP contribution is 2.31. The Kier molecular flexibility index (Phi) is 4.05. The van der Waals surface area contributed by atoms with Crippen LogP contribution in [0.15, 0.2) is 30.3 Å². The fourth-order valence-electron chi connectivity index (χ4n) is 3.86. The molecule has 3 heterocycles. The number of carbonyl (C=O) groups is 1. The van der Waals surface area contributed by atoms with Gasteiger partial charge in [-0.25, -0.2) is 0 Å². The minimum Gasteiger partial charge on any atom is -0.395 e. The van der Waals surface area contributed by atoms with Crippen LogP contribution >= 0.6 is 0 Å². The van der Waals surface area contributed by atoms with Gasteiger partial charge < -0.3 is 19.9 Å². The average molecular weight is 341 g/mol. The standard InChI is InChI=1S/C18H23N5O2/c1-13-20-21-16-9-22(17(25)18(12-24)10-19-11-18)8-15(23(13)16)7-14-5-3-2-4-6-14/h2-6,15,19,24H,7-12H2,1H3/t15-/m1/s1. The summed E-state index contributed by atoms with van der Waals surface area (Å²) in [4.78, 5) is 14.9. The molecule has 25 heavy (non-hydrogen) atoms. The largest absolute Gasteiger partial charge is 0.395 e. The van der Waals surface area contributed by atoms with Crippen molar-refractivity contribution in [1.29, 1.82) is 0 Å². The molecule has 1 fully saturated rings. The number of hydrogen-bond acceptors (Lipinski definition) is 5. The number of nitrogens with one attached hydrogen (secondary N) is 1. The van der Waals surface area contributed by atoms with Gasteiger partial charge in [0, 0.05) is 19.6 Å². The van der Waals surface area contributed by atoms with E-state index in [1.807, 2.05) is 30.0 Å². The Balaban J connectivity index is 1.62. The quantitative estimate of drug-likeness (QED) is 0.835. The summed E-state index contributed by atoms with van der Waals surface area (Å²) in [6.45, 7) is 3.97. The van der Waals surface area contributed by atoms with Gasteiger partial charge in [-0.05, 0) is 18.9 Å². The number of aryl methyl sites for hydroxylation is 1. The Hall–Kier alpha value is -2.25. The third-order valence-electron chi connectivity index (χ3n) is 5.35. The van der Waals surface area contributed by atoms with Crippen molar-refractivity contribution in [3.05, 3.63) is 47.5 Å². The molecule has 7 nitrogen and oxygen atoms in total. The fourth-order valence-corrected chi connectivity index (χ4v) is 3.86. The van der Waals surface area contributed by atoms with Gasteiger partial charge in [0.15, 0.2) is 5.82 Å². The molecule has 0 spiro atoms. The van der Waals surface area contributed by atoms with Gasteiger partial charge in [0.1, 0.15) is 5.82 Å². The topological polar surface area (TPSA) is 83.3 Å². The van der Waals surface area contributed by atoms with Gasteiger partial charge >= 0.3 is 0 Å². The van der Waals surface area contributed by atoms with Crippen molar-refractivity contribution in [2.75, 3.05) is 26.2 Å². The Morgan fingerprint density at radius 1 is 1.32 bits per heavy atom. The van der Waals surface area contributed by atoms with E-state index < -0.39 is 5.41 Å². The van der Waals surface area contributed by atoms with Gasteiger partial charge in [-0.3, -0.25) is 4.79 Å². The van der Waals surface area contributed by atoms with Crippen LogP contribution in [0.2, 0.25) is 0 Å². The molecular formula is C18H23N5O2. The van der Waals surface area contributed by atoms with Gasteiger partial charge in [0.2, 0.25) is 5.91 Å². The van der Waals surface area contributed by atoms with Crippen molar-refractivity contribution >= 4 is 5.91 Å². The zero-order valence-electron chi connectivity index (χ0n) is 14.4. The van der Waals surface area contributed by atoms with Crippen molar-refractivity contribution in [3.63, 3.8) is 0 Å². The highest BCUT2D eigenvalue weighted by Gasteiger charge is 2.47. The third-order valence-corrected chi connectivity index (χ3v) is 5.35. The van der Waals surface area contributed by atoms with E-state index in [0.717, 1.165) is 18.1 Å². The summed E-state index contributed by atoms with van der Waals surface area (Å²) < 4.78 is 2.15. The number of aromatic nitrogens is 3. The number of carbonyl (C=O) groups excluding carboxylic acids is 1. The smallest absolute Gasteiger partial charge is 0.234 e. The van der Waals surface area contributed by atoms with E-state index in [1.54, 1.807) is 0 Å². The molecule has 0 aliphatic carbocycles. The molecule has 2 aromatic rings. The lowest BCUT2D eigenvalue weighted by Crippen LogP contribution is -2.64. The number of hydrogen-bond donors (Lipinski definition) is 2. The maximum absolute atomic E-state index is 13.0. The highest BCUT2D eigenvalue weighted by molar-refractivity contribution is 5.84. The Morgan fingerprint density at radius 2 is 2.08 bits per heavy atom. The molecule has 1 atom stereocenters. The molecule has 2 aliphatic heterocycles.